The van der Waals surface area contributed by atoms with Crippen LogP contribution in [0, 0.1) is 12.7 Å². The first-order chi connectivity index (χ1) is 14.2. The molecule has 30 heavy (non-hydrogen) atoms. The number of nitrogens with one attached hydrogen (secondary N) is 2. The summed E-state index contributed by atoms with van der Waals surface area (Å²) in [5, 5.41) is 6.76. The third-order valence-electron chi connectivity index (χ3n) is 5.28. The molecule has 1 heterocycles. The molecule has 3 rings (SSSR count). The zero-order valence-corrected chi connectivity index (χ0v) is 20.1. The molecule has 0 aliphatic carbocycles. The molecule has 1 aliphatic rings. The summed E-state index contributed by atoms with van der Waals surface area (Å²) in [6.45, 7) is 7.92. The smallest absolute Gasteiger partial charge is 0.191 e. The second-order valence-electron chi connectivity index (χ2n) is 7.33. The van der Waals surface area contributed by atoms with E-state index in [2.05, 4.69) is 44.8 Å². The average Bonchev–Trinajstić information content (AvgIpc) is 2.73. The fourth-order valence-corrected chi connectivity index (χ4v) is 3.54. The second-order valence-corrected chi connectivity index (χ2v) is 7.33. The zero-order chi connectivity index (χ0) is 20.5. The van der Waals surface area contributed by atoms with Crippen LogP contribution in [0.1, 0.15) is 22.3 Å². The van der Waals surface area contributed by atoms with Gasteiger partial charge in [0.1, 0.15) is 5.82 Å². The van der Waals surface area contributed by atoms with Gasteiger partial charge in [-0.25, -0.2) is 4.39 Å². The average molecular weight is 526 g/mol. The van der Waals surface area contributed by atoms with E-state index in [1.807, 2.05) is 13.0 Å². The van der Waals surface area contributed by atoms with Crippen LogP contribution in [0.15, 0.2) is 47.5 Å². The number of hydrogen-bond acceptors (Lipinski definition) is 3. The van der Waals surface area contributed by atoms with Crippen LogP contribution in [0.2, 0.25) is 0 Å². The molecule has 0 amide bonds. The lowest BCUT2D eigenvalue weighted by molar-refractivity contribution is 0.0341. The Morgan fingerprint density at radius 3 is 2.50 bits per heavy atom. The molecule has 2 aromatic carbocycles. The highest BCUT2D eigenvalue weighted by Gasteiger charge is 2.12. The van der Waals surface area contributed by atoms with Crippen molar-refractivity contribution in [3.63, 3.8) is 0 Å². The Labute approximate surface area is 196 Å². The number of hydrogen-bond donors (Lipinski definition) is 2. The third kappa shape index (κ3) is 7.52. The lowest BCUT2D eigenvalue weighted by Gasteiger charge is -2.27. The van der Waals surface area contributed by atoms with Crippen molar-refractivity contribution in [1.82, 2.24) is 15.5 Å². The number of aryl methyl sites for hydroxylation is 1. The van der Waals surface area contributed by atoms with Crippen LogP contribution in [-0.2, 0) is 24.2 Å². The Morgan fingerprint density at radius 2 is 1.80 bits per heavy atom. The van der Waals surface area contributed by atoms with Crippen molar-refractivity contribution in [3.8, 4) is 0 Å². The number of benzene rings is 2. The van der Waals surface area contributed by atoms with E-state index < -0.39 is 0 Å². The summed E-state index contributed by atoms with van der Waals surface area (Å²) in [5.74, 6) is 0.582. The maximum atomic E-state index is 13.2. The molecule has 1 fully saturated rings. The van der Waals surface area contributed by atoms with Crippen LogP contribution in [0.4, 0.5) is 4.39 Å². The largest absolute Gasteiger partial charge is 0.379 e. The van der Waals surface area contributed by atoms with Gasteiger partial charge in [0.2, 0.25) is 0 Å². The highest BCUT2D eigenvalue weighted by atomic mass is 127. The minimum Gasteiger partial charge on any atom is -0.379 e. The number of rotatable bonds is 7. The number of ether oxygens (including phenoxy) is 1. The molecule has 5 nitrogen and oxygen atoms in total. The van der Waals surface area contributed by atoms with Crippen molar-refractivity contribution in [3.05, 3.63) is 70.5 Å². The molecule has 1 aliphatic heterocycles. The summed E-state index contributed by atoms with van der Waals surface area (Å²) in [6, 6.07) is 13.5. The number of nitrogens with zero attached hydrogens (tertiary/aromatic N) is 2. The van der Waals surface area contributed by atoms with Gasteiger partial charge < -0.3 is 15.4 Å². The summed E-state index contributed by atoms with van der Waals surface area (Å²) in [5.41, 5.74) is 4.73. The minimum absolute atomic E-state index is 0. The number of halogens is 2. The lowest BCUT2D eigenvalue weighted by Crippen LogP contribution is -2.38. The molecule has 0 unspecified atom stereocenters. The summed E-state index contributed by atoms with van der Waals surface area (Å²) in [6.07, 6.45) is 0.820. The van der Waals surface area contributed by atoms with Gasteiger partial charge in [-0.3, -0.25) is 9.89 Å². The van der Waals surface area contributed by atoms with Crippen LogP contribution in [-0.4, -0.2) is 50.8 Å². The second kappa shape index (κ2) is 12.9. The molecule has 0 bridgehead atoms. The van der Waals surface area contributed by atoms with E-state index >= 15 is 0 Å². The van der Waals surface area contributed by atoms with Crippen LogP contribution < -0.4 is 10.6 Å². The van der Waals surface area contributed by atoms with E-state index in [0.29, 0.717) is 0 Å². The molecule has 7 heteroatoms. The third-order valence-corrected chi connectivity index (χ3v) is 5.28. The topological polar surface area (TPSA) is 48.9 Å². The predicted molar refractivity (Wildman–Crippen MR) is 131 cm³/mol. The normalized spacial score (nSPS) is 14.8. The van der Waals surface area contributed by atoms with E-state index in [-0.39, 0.29) is 29.8 Å². The molecular formula is C23H32FIN4O. The monoisotopic (exact) mass is 526 g/mol. The molecule has 0 aromatic heterocycles. The van der Waals surface area contributed by atoms with Gasteiger partial charge in [-0.2, -0.15) is 0 Å². The van der Waals surface area contributed by atoms with Gasteiger partial charge in [0, 0.05) is 39.8 Å². The number of aliphatic imine (C=N–C) groups is 1. The molecule has 0 saturated carbocycles. The standard InChI is InChI=1S/C23H31FN4O.HI/c1-18-15-22(24)8-7-19(18)9-10-26-23(25-2)27-16-20-5-3-4-6-21(20)17-28-11-13-29-14-12-28;/h3-8,15H,9-14,16-17H2,1-2H3,(H2,25,26,27);1H. The van der Waals surface area contributed by atoms with E-state index in [9.17, 15) is 4.39 Å². The van der Waals surface area contributed by atoms with E-state index in [1.165, 1.54) is 17.2 Å². The van der Waals surface area contributed by atoms with E-state index in [1.54, 1.807) is 13.1 Å². The van der Waals surface area contributed by atoms with Gasteiger partial charge in [0.15, 0.2) is 5.96 Å². The molecule has 1 saturated heterocycles. The van der Waals surface area contributed by atoms with Gasteiger partial charge in [0.05, 0.1) is 13.2 Å². The van der Waals surface area contributed by atoms with Gasteiger partial charge in [-0.05, 0) is 47.7 Å². The Hall–Kier alpha value is -1.71. The van der Waals surface area contributed by atoms with Gasteiger partial charge in [-0.15, -0.1) is 24.0 Å². The van der Waals surface area contributed by atoms with Crippen molar-refractivity contribution in [2.24, 2.45) is 4.99 Å². The Balaban J connectivity index is 0.00000320. The summed E-state index contributed by atoms with van der Waals surface area (Å²) in [7, 11) is 1.78. The molecule has 2 aromatic rings. The number of morpholine rings is 1. The molecule has 2 N–H and O–H groups in total. The SMILES string of the molecule is CN=C(NCCc1ccc(F)cc1C)NCc1ccccc1CN1CCOCC1.I. The van der Waals surface area contributed by atoms with Crippen molar-refractivity contribution in [1.29, 1.82) is 0 Å². The van der Waals surface area contributed by atoms with Gasteiger partial charge in [0.25, 0.3) is 0 Å². The minimum atomic E-state index is -0.188. The van der Waals surface area contributed by atoms with Crippen molar-refractivity contribution >= 4 is 29.9 Å². The predicted octanol–water partition coefficient (Wildman–Crippen LogP) is 3.49. The van der Waals surface area contributed by atoms with Gasteiger partial charge >= 0.3 is 0 Å². The van der Waals surface area contributed by atoms with Crippen LogP contribution in [0.5, 0.6) is 0 Å². The molecule has 0 radical (unpaired) electrons. The summed E-state index contributed by atoms with van der Waals surface area (Å²) in [4.78, 5) is 6.75. The Bertz CT molecular complexity index is 825. The first-order valence-electron chi connectivity index (χ1n) is 10.2. The quantitative estimate of drug-likeness (QED) is 0.330. The maximum absolute atomic E-state index is 13.2. The van der Waals surface area contributed by atoms with E-state index in [0.717, 1.165) is 69.4 Å². The first-order valence-corrected chi connectivity index (χ1v) is 10.2. The van der Waals surface area contributed by atoms with Crippen LogP contribution in [0.3, 0.4) is 0 Å². The fourth-order valence-electron chi connectivity index (χ4n) is 3.54. The highest BCUT2D eigenvalue weighted by molar-refractivity contribution is 14.0. The number of guanidine groups is 1. The van der Waals surface area contributed by atoms with Crippen molar-refractivity contribution in [2.75, 3.05) is 39.9 Å². The van der Waals surface area contributed by atoms with Crippen molar-refractivity contribution in [2.45, 2.75) is 26.4 Å². The molecule has 0 atom stereocenters. The Morgan fingerprint density at radius 1 is 1.07 bits per heavy atom. The molecular weight excluding hydrogens is 494 g/mol. The summed E-state index contributed by atoms with van der Waals surface area (Å²) >= 11 is 0. The Kier molecular flexibility index (Phi) is 10.5. The summed E-state index contributed by atoms with van der Waals surface area (Å²) < 4.78 is 18.7. The molecule has 164 valence electrons. The van der Waals surface area contributed by atoms with Crippen LogP contribution >= 0.6 is 24.0 Å². The fraction of sp³-hybridized carbons (Fsp3) is 0.435. The lowest BCUT2D eigenvalue weighted by atomic mass is 10.1. The van der Waals surface area contributed by atoms with Gasteiger partial charge in [-0.1, -0.05) is 30.3 Å². The highest BCUT2D eigenvalue weighted by Crippen LogP contribution is 2.13. The zero-order valence-electron chi connectivity index (χ0n) is 17.8. The van der Waals surface area contributed by atoms with Crippen LogP contribution in [0.25, 0.3) is 0 Å². The van der Waals surface area contributed by atoms with E-state index in [4.69, 9.17) is 4.74 Å². The maximum Gasteiger partial charge on any atom is 0.191 e. The molecule has 0 spiro atoms. The first kappa shape index (κ1) is 24.6. The van der Waals surface area contributed by atoms with Crippen molar-refractivity contribution < 1.29 is 9.13 Å².